The van der Waals surface area contributed by atoms with Crippen molar-refractivity contribution in [2.45, 2.75) is 26.3 Å². The van der Waals surface area contributed by atoms with E-state index in [9.17, 15) is 4.79 Å². The molecule has 0 spiro atoms. The number of hydrogen-bond donors (Lipinski definition) is 3. The smallest absolute Gasteiger partial charge is 0.274 e. The topological polar surface area (TPSA) is 83.8 Å². The van der Waals surface area contributed by atoms with Gasteiger partial charge in [-0.15, -0.1) is 0 Å². The summed E-state index contributed by atoms with van der Waals surface area (Å²) in [6.45, 7) is 3.84. The Hall–Kier alpha value is -2.01. The van der Waals surface area contributed by atoms with E-state index >= 15 is 0 Å². The molecule has 0 saturated carbocycles. The van der Waals surface area contributed by atoms with Crippen molar-refractivity contribution in [3.8, 4) is 0 Å². The average molecular weight is 293 g/mol. The maximum atomic E-state index is 12.1. The number of carbonyl (C=O) groups excluding carboxylic acids is 1. The van der Waals surface area contributed by atoms with Crippen molar-refractivity contribution in [1.82, 2.24) is 15.5 Å². The van der Waals surface area contributed by atoms with Crippen LogP contribution in [0.1, 0.15) is 41.6 Å². The Kier molecular flexibility index (Phi) is 4.29. The van der Waals surface area contributed by atoms with Crippen LogP contribution in [-0.2, 0) is 6.42 Å². The van der Waals surface area contributed by atoms with Gasteiger partial charge in [0.1, 0.15) is 0 Å². The number of nitrogen functional groups attached to an aromatic ring is 1. The Morgan fingerprint density at radius 1 is 1.45 bits per heavy atom. The van der Waals surface area contributed by atoms with Gasteiger partial charge in [0.25, 0.3) is 5.91 Å². The van der Waals surface area contributed by atoms with E-state index in [4.69, 9.17) is 17.3 Å². The first kappa shape index (κ1) is 14.4. The Morgan fingerprint density at radius 3 is 2.65 bits per heavy atom. The van der Waals surface area contributed by atoms with Gasteiger partial charge in [-0.3, -0.25) is 9.89 Å². The van der Waals surface area contributed by atoms with Gasteiger partial charge in [0.15, 0.2) is 5.69 Å². The lowest BCUT2D eigenvalue weighted by atomic mass is 10.1. The molecule has 20 heavy (non-hydrogen) atoms. The van der Waals surface area contributed by atoms with Gasteiger partial charge < -0.3 is 11.1 Å². The van der Waals surface area contributed by atoms with E-state index < -0.39 is 0 Å². The third kappa shape index (κ3) is 2.93. The van der Waals surface area contributed by atoms with Crippen LogP contribution >= 0.6 is 11.6 Å². The fourth-order valence-corrected chi connectivity index (χ4v) is 2.06. The Balaban J connectivity index is 2.10. The van der Waals surface area contributed by atoms with Gasteiger partial charge in [-0.05, 0) is 31.0 Å². The average Bonchev–Trinajstić information content (AvgIpc) is 2.80. The number of carbonyl (C=O) groups is 1. The highest BCUT2D eigenvalue weighted by atomic mass is 35.5. The molecule has 2 aromatic rings. The fourth-order valence-electron chi connectivity index (χ4n) is 1.93. The molecular weight excluding hydrogens is 276 g/mol. The van der Waals surface area contributed by atoms with Gasteiger partial charge in [-0.25, -0.2) is 0 Å². The number of H-pyrrole nitrogens is 1. The van der Waals surface area contributed by atoms with Gasteiger partial charge in [-0.2, -0.15) is 5.10 Å². The van der Waals surface area contributed by atoms with Gasteiger partial charge in [0.2, 0.25) is 0 Å². The normalized spacial score (nSPS) is 12.2. The number of hydrogen-bond acceptors (Lipinski definition) is 3. The molecule has 2 rings (SSSR count). The van der Waals surface area contributed by atoms with E-state index in [1.807, 2.05) is 26.0 Å². The lowest BCUT2D eigenvalue weighted by Gasteiger charge is -2.13. The predicted molar refractivity (Wildman–Crippen MR) is 79.7 cm³/mol. The predicted octanol–water partition coefficient (Wildman–Crippen LogP) is 2.70. The third-order valence-electron chi connectivity index (χ3n) is 3.17. The Labute approximate surface area is 122 Å². The lowest BCUT2D eigenvalue weighted by molar-refractivity contribution is 0.0935. The summed E-state index contributed by atoms with van der Waals surface area (Å²) in [5.41, 5.74) is 8.26. The second kappa shape index (κ2) is 5.96. The summed E-state index contributed by atoms with van der Waals surface area (Å²) in [6.07, 6.45) is 0.707. The number of nitrogens with zero attached hydrogens (tertiary/aromatic N) is 1. The molecule has 1 unspecified atom stereocenters. The van der Waals surface area contributed by atoms with E-state index in [-0.39, 0.29) is 17.6 Å². The number of aromatic amines is 1. The van der Waals surface area contributed by atoms with Gasteiger partial charge in [0, 0.05) is 5.02 Å². The number of nitrogens with two attached hydrogens (primary N) is 1. The van der Waals surface area contributed by atoms with Crippen LogP contribution in [-0.4, -0.2) is 16.1 Å². The van der Waals surface area contributed by atoms with Crippen molar-refractivity contribution in [3.63, 3.8) is 0 Å². The summed E-state index contributed by atoms with van der Waals surface area (Å²) in [4.78, 5) is 12.1. The molecule has 106 valence electrons. The van der Waals surface area contributed by atoms with Crippen molar-refractivity contribution in [3.05, 3.63) is 46.2 Å². The summed E-state index contributed by atoms with van der Waals surface area (Å²) in [5.74, 6) is -0.291. The molecule has 0 fully saturated rings. The molecule has 0 radical (unpaired) electrons. The summed E-state index contributed by atoms with van der Waals surface area (Å²) in [7, 11) is 0. The largest absolute Gasteiger partial charge is 0.395 e. The van der Waals surface area contributed by atoms with Crippen LogP contribution < -0.4 is 11.1 Å². The van der Waals surface area contributed by atoms with Crippen LogP contribution in [0.5, 0.6) is 0 Å². The number of rotatable bonds is 4. The van der Waals surface area contributed by atoms with Crippen molar-refractivity contribution < 1.29 is 4.79 Å². The summed E-state index contributed by atoms with van der Waals surface area (Å²) in [5, 5.41) is 10.3. The number of anilines is 1. The van der Waals surface area contributed by atoms with Crippen LogP contribution in [0, 0.1) is 0 Å². The second-order valence-corrected chi connectivity index (χ2v) is 5.00. The fraction of sp³-hybridized carbons (Fsp3) is 0.286. The second-order valence-electron chi connectivity index (χ2n) is 4.56. The first-order chi connectivity index (χ1) is 9.52. The van der Waals surface area contributed by atoms with Crippen LogP contribution in [0.4, 0.5) is 5.69 Å². The quantitative estimate of drug-likeness (QED) is 0.810. The molecule has 0 bridgehead atoms. The van der Waals surface area contributed by atoms with Crippen molar-refractivity contribution in [2.75, 3.05) is 5.73 Å². The molecule has 1 aromatic carbocycles. The molecule has 0 aliphatic heterocycles. The summed E-state index contributed by atoms with van der Waals surface area (Å²) in [6, 6.07) is 7.17. The molecule has 5 nitrogen and oxygen atoms in total. The van der Waals surface area contributed by atoms with E-state index in [2.05, 4.69) is 15.5 Å². The highest BCUT2D eigenvalue weighted by Gasteiger charge is 2.18. The summed E-state index contributed by atoms with van der Waals surface area (Å²) >= 11 is 5.84. The number of aromatic nitrogens is 2. The van der Waals surface area contributed by atoms with Gasteiger partial charge in [-0.1, -0.05) is 30.7 Å². The molecule has 1 amide bonds. The highest BCUT2D eigenvalue weighted by Crippen LogP contribution is 2.18. The minimum atomic E-state index is -0.291. The zero-order valence-electron chi connectivity index (χ0n) is 11.4. The molecule has 1 aromatic heterocycles. The minimum Gasteiger partial charge on any atom is -0.395 e. The minimum absolute atomic E-state index is 0.152. The SMILES string of the molecule is CCc1[nH]nc(C(=O)NC(C)c2ccc(Cl)cc2)c1N. The van der Waals surface area contributed by atoms with Gasteiger partial charge in [0.05, 0.1) is 17.4 Å². The number of halogens is 1. The zero-order valence-corrected chi connectivity index (χ0v) is 12.2. The zero-order chi connectivity index (χ0) is 14.7. The monoisotopic (exact) mass is 292 g/mol. The first-order valence-corrected chi connectivity index (χ1v) is 6.79. The maximum Gasteiger partial charge on any atom is 0.274 e. The third-order valence-corrected chi connectivity index (χ3v) is 3.42. The Morgan fingerprint density at radius 2 is 2.10 bits per heavy atom. The van der Waals surface area contributed by atoms with Crippen LogP contribution in [0.2, 0.25) is 5.02 Å². The molecule has 0 saturated heterocycles. The van der Waals surface area contributed by atoms with Crippen molar-refractivity contribution in [1.29, 1.82) is 0 Å². The first-order valence-electron chi connectivity index (χ1n) is 6.42. The molecular formula is C14H17ClN4O. The molecule has 1 heterocycles. The van der Waals surface area contributed by atoms with Crippen LogP contribution in [0.25, 0.3) is 0 Å². The standard InChI is InChI=1S/C14H17ClN4O/c1-3-11-12(16)13(19-18-11)14(20)17-8(2)9-4-6-10(15)7-5-9/h4-8H,3,16H2,1-2H3,(H,17,20)(H,18,19). The van der Waals surface area contributed by atoms with Gasteiger partial charge >= 0.3 is 0 Å². The van der Waals surface area contributed by atoms with E-state index in [0.717, 1.165) is 11.3 Å². The molecule has 0 aliphatic carbocycles. The number of benzene rings is 1. The van der Waals surface area contributed by atoms with Crippen LogP contribution in [0.15, 0.2) is 24.3 Å². The van der Waals surface area contributed by atoms with Crippen molar-refractivity contribution >= 4 is 23.2 Å². The maximum absolute atomic E-state index is 12.1. The van der Waals surface area contributed by atoms with Crippen LogP contribution in [0.3, 0.4) is 0 Å². The highest BCUT2D eigenvalue weighted by molar-refractivity contribution is 6.30. The number of aryl methyl sites for hydroxylation is 1. The molecule has 4 N–H and O–H groups in total. The summed E-state index contributed by atoms with van der Waals surface area (Å²) < 4.78 is 0. The van der Waals surface area contributed by atoms with Crippen molar-refractivity contribution in [2.24, 2.45) is 0 Å². The number of nitrogens with one attached hydrogen (secondary N) is 2. The van der Waals surface area contributed by atoms with E-state index in [0.29, 0.717) is 17.1 Å². The van der Waals surface area contributed by atoms with E-state index in [1.165, 1.54) is 0 Å². The van der Waals surface area contributed by atoms with E-state index in [1.54, 1.807) is 12.1 Å². The molecule has 1 atom stereocenters. The molecule has 0 aliphatic rings. The lowest BCUT2D eigenvalue weighted by Crippen LogP contribution is -2.27. The number of amides is 1. The Bertz CT molecular complexity index is 606. The molecule has 6 heteroatoms.